The molecule has 4 rings (SSSR count). The summed E-state index contributed by atoms with van der Waals surface area (Å²) >= 11 is 0. The highest BCUT2D eigenvalue weighted by Gasteiger charge is 2.51. The normalized spacial score (nSPS) is 24.9. The summed E-state index contributed by atoms with van der Waals surface area (Å²) in [6, 6.07) is 11.4. The molecule has 0 unspecified atom stereocenters. The second-order valence-electron chi connectivity index (χ2n) is 12.0. The van der Waals surface area contributed by atoms with E-state index in [2.05, 4.69) is 56.5 Å². The minimum Gasteiger partial charge on any atom is -0.493 e. The quantitative estimate of drug-likeness (QED) is 0.353. The van der Waals surface area contributed by atoms with Gasteiger partial charge in [0.05, 0.1) is 21.3 Å². The minimum atomic E-state index is 0.294. The molecule has 0 amide bonds. The molecule has 1 saturated carbocycles. The van der Waals surface area contributed by atoms with Crippen molar-refractivity contribution in [2.75, 3.05) is 41.0 Å². The summed E-state index contributed by atoms with van der Waals surface area (Å²) in [5, 5.41) is 7.38. The second kappa shape index (κ2) is 11.7. The van der Waals surface area contributed by atoms with Crippen LogP contribution in [0.25, 0.3) is 0 Å². The average molecular weight is 509 g/mol. The van der Waals surface area contributed by atoms with Crippen LogP contribution in [0.15, 0.2) is 30.3 Å². The van der Waals surface area contributed by atoms with E-state index < -0.39 is 0 Å². The molecule has 0 aliphatic heterocycles. The fourth-order valence-corrected chi connectivity index (χ4v) is 7.24. The number of nitrogens with one attached hydrogen (secondary N) is 2. The van der Waals surface area contributed by atoms with Crippen molar-refractivity contribution in [3.05, 3.63) is 52.6 Å². The smallest absolute Gasteiger partial charge is 0.203 e. The molecular weight excluding hydrogens is 460 g/mol. The zero-order valence-corrected chi connectivity index (χ0v) is 24.1. The first-order valence-electron chi connectivity index (χ1n) is 14.1. The summed E-state index contributed by atoms with van der Waals surface area (Å²) in [6.45, 7) is 13.4. The minimum absolute atomic E-state index is 0.294. The van der Waals surface area contributed by atoms with Crippen LogP contribution in [-0.2, 0) is 18.4 Å². The molecule has 0 bridgehead atoms. The average Bonchev–Trinajstić information content (AvgIpc) is 2.89. The SMILES string of the molecule is COc1cc(CNCCNC[C@]2(C)CCC[C@]3(C)c4ccc(C(C)C)cc4CC[C@@H]23)cc(OC)c1OC. The van der Waals surface area contributed by atoms with Crippen LogP contribution in [0, 0.1) is 11.3 Å². The summed E-state index contributed by atoms with van der Waals surface area (Å²) in [4.78, 5) is 0. The lowest BCUT2D eigenvalue weighted by Crippen LogP contribution is -2.53. The molecule has 3 atom stereocenters. The van der Waals surface area contributed by atoms with Crippen LogP contribution in [0.1, 0.15) is 81.5 Å². The molecule has 5 nitrogen and oxygen atoms in total. The number of hydrogen-bond acceptors (Lipinski definition) is 5. The summed E-state index contributed by atoms with van der Waals surface area (Å²) in [5.41, 5.74) is 6.47. The van der Waals surface area contributed by atoms with Gasteiger partial charge >= 0.3 is 0 Å². The van der Waals surface area contributed by atoms with Gasteiger partial charge in [0.2, 0.25) is 5.75 Å². The van der Waals surface area contributed by atoms with Crippen molar-refractivity contribution in [2.24, 2.45) is 11.3 Å². The van der Waals surface area contributed by atoms with Gasteiger partial charge in [-0.25, -0.2) is 0 Å². The molecule has 0 aromatic heterocycles. The molecule has 5 heteroatoms. The summed E-state index contributed by atoms with van der Waals surface area (Å²) in [5.74, 6) is 3.35. The van der Waals surface area contributed by atoms with Crippen molar-refractivity contribution in [1.29, 1.82) is 0 Å². The summed E-state index contributed by atoms with van der Waals surface area (Å²) < 4.78 is 16.4. The van der Waals surface area contributed by atoms with Crippen LogP contribution in [0.3, 0.4) is 0 Å². The Balaban J connectivity index is 1.32. The Hall–Kier alpha value is -2.24. The van der Waals surface area contributed by atoms with E-state index in [1.807, 2.05) is 12.1 Å². The number of methoxy groups -OCH3 is 3. The largest absolute Gasteiger partial charge is 0.493 e. The molecule has 2 N–H and O–H groups in total. The Bertz CT molecular complexity index is 1040. The van der Waals surface area contributed by atoms with E-state index in [9.17, 15) is 0 Å². The Labute approximate surface area is 224 Å². The fourth-order valence-electron chi connectivity index (χ4n) is 7.24. The highest BCUT2D eigenvalue weighted by atomic mass is 16.5. The number of benzene rings is 2. The predicted octanol–water partition coefficient (Wildman–Crippen LogP) is 6.23. The van der Waals surface area contributed by atoms with Crippen molar-refractivity contribution in [1.82, 2.24) is 10.6 Å². The summed E-state index contributed by atoms with van der Waals surface area (Å²) in [6.07, 6.45) is 6.48. The van der Waals surface area contributed by atoms with Gasteiger partial charge in [0.1, 0.15) is 0 Å². The van der Waals surface area contributed by atoms with Crippen LogP contribution in [0.2, 0.25) is 0 Å². The number of ether oxygens (including phenoxy) is 3. The Kier molecular flexibility index (Phi) is 8.75. The third kappa shape index (κ3) is 5.63. The zero-order chi connectivity index (χ0) is 26.6. The first kappa shape index (κ1) is 27.8. The van der Waals surface area contributed by atoms with Gasteiger partial charge in [0.25, 0.3) is 0 Å². The Morgan fingerprint density at radius 2 is 1.62 bits per heavy atom. The molecule has 0 radical (unpaired) electrons. The number of rotatable bonds is 11. The van der Waals surface area contributed by atoms with Crippen LogP contribution < -0.4 is 24.8 Å². The van der Waals surface area contributed by atoms with Crippen LogP contribution >= 0.6 is 0 Å². The van der Waals surface area contributed by atoms with Gasteiger partial charge in [-0.1, -0.05) is 52.3 Å². The van der Waals surface area contributed by atoms with Crippen molar-refractivity contribution in [3.8, 4) is 17.2 Å². The van der Waals surface area contributed by atoms with E-state index in [1.165, 1.54) is 37.7 Å². The topological polar surface area (TPSA) is 51.8 Å². The van der Waals surface area contributed by atoms with Crippen LogP contribution in [-0.4, -0.2) is 41.0 Å². The number of hydrogen-bond donors (Lipinski definition) is 2. The van der Waals surface area contributed by atoms with Gasteiger partial charge in [-0.3, -0.25) is 0 Å². The highest BCUT2D eigenvalue weighted by Crippen LogP contribution is 2.57. The first-order chi connectivity index (χ1) is 17.8. The van der Waals surface area contributed by atoms with E-state index >= 15 is 0 Å². The lowest BCUT2D eigenvalue weighted by atomic mass is 9.49. The van der Waals surface area contributed by atoms with Gasteiger partial charge in [-0.2, -0.15) is 0 Å². The monoisotopic (exact) mass is 508 g/mol. The lowest BCUT2D eigenvalue weighted by molar-refractivity contribution is 0.0261. The zero-order valence-electron chi connectivity index (χ0n) is 24.1. The van der Waals surface area contributed by atoms with Crippen molar-refractivity contribution in [2.45, 2.75) is 77.7 Å². The van der Waals surface area contributed by atoms with Crippen LogP contribution in [0.4, 0.5) is 0 Å². The molecule has 0 spiro atoms. The molecule has 1 fully saturated rings. The Morgan fingerprint density at radius 3 is 2.27 bits per heavy atom. The molecule has 2 aromatic rings. The van der Waals surface area contributed by atoms with E-state index in [1.54, 1.807) is 32.5 Å². The highest BCUT2D eigenvalue weighted by molar-refractivity contribution is 5.53. The molecule has 2 aliphatic rings. The van der Waals surface area contributed by atoms with E-state index in [-0.39, 0.29) is 0 Å². The summed E-state index contributed by atoms with van der Waals surface area (Å²) in [7, 11) is 4.94. The molecule has 2 aromatic carbocycles. The fraction of sp³-hybridized carbons (Fsp3) is 0.625. The van der Waals surface area contributed by atoms with Crippen molar-refractivity contribution >= 4 is 0 Å². The molecule has 2 aliphatic carbocycles. The van der Waals surface area contributed by atoms with Crippen LogP contribution in [0.5, 0.6) is 17.2 Å². The van der Waals surface area contributed by atoms with Gasteiger partial charge in [0, 0.05) is 26.2 Å². The first-order valence-corrected chi connectivity index (χ1v) is 14.1. The number of fused-ring (bicyclic) bond motifs is 3. The van der Waals surface area contributed by atoms with E-state index in [4.69, 9.17) is 14.2 Å². The predicted molar refractivity (Wildman–Crippen MR) is 152 cm³/mol. The maximum Gasteiger partial charge on any atom is 0.203 e. The maximum absolute atomic E-state index is 5.49. The number of aryl methyl sites for hydroxylation is 1. The third-order valence-corrected chi connectivity index (χ3v) is 9.23. The molecule has 37 heavy (non-hydrogen) atoms. The van der Waals surface area contributed by atoms with Crippen molar-refractivity contribution in [3.63, 3.8) is 0 Å². The van der Waals surface area contributed by atoms with Gasteiger partial charge < -0.3 is 24.8 Å². The van der Waals surface area contributed by atoms with Crippen molar-refractivity contribution < 1.29 is 14.2 Å². The van der Waals surface area contributed by atoms with Gasteiger partial charge in [-0.05, 0) is 82.7 Å². The molecular formula is C32H48N2O3. The molecule has 0 saturated heterocycles. The standard InChI is InChI=1S/C32H48N2O3/c1-22(2)24-9-11-26-25(19-24)10-12-29-31(3,13-8-14-32(26,29)4)21-34-16-15-33-20-23-17-27(35-5)30(37-7)28(18-23)36-6/h9,11,17-19,22,29,33-34H,8,10,12-16,20-21H2,1-7H3/t29-,31-,32+/m0/s1. The third-order valence-electron chi connectivity index (χ3n) is 9.23. The van der Waals surface area contributed by atoms with Gasteiger partial charge in [-0.15, -0.1) is 0 Å². The molecule has 0 heterocycles. The second-order valence-corrected chi connectivity index (χ2v) is 12.0. The van der Waals surface area contributed by atoms with Gasteiger partial charge in [0.15, 0.2) is 11.5 Å². The maximum atomic E-state index is 5.49. The van der Waals surface area contributed by atoms with E-state index in [0.717, 1.165) is 37.7 Å². The molecule has 204 valence electrons. The Morgan fingerprint density at radius 1 is 0.919 bits per heavy atom. The van der Waals surface area contributed by atoms with E-state index in [0.29, 0.717) is 34.0 Å². The lowest BCUT2D eigenvalue weighted by Gasteiger charge is -2.55.